The monoisotopic (exact) mass is 340 g/mol. The minimum Gasteiger partial charge on any atom is -0.478 e. The molecular formula is C16H21FN2O5. The molecule has 0 bridgehead atoms. The Morgan fingerprint density at radius 2 is 1.92 bits per heavy atom. The molecule has 0 spiro atoms. The normalized spacial score (nSPS) is 12.2. The first kappa shape index (κ1) is 19.4. The lowest BCUT2D eigenvalue weighted by Crippen LogP contribution is -2.45. The molecule has 0 aliphatic carbocycles. The number of ether oxygens (including phenoxy) is 1. The zero-order valence-corrected chi connectivity index (χ0v) is 14.0. The van der Waals surface area contributed by atoms with Gasteiger partial charge in [-0.3, -0.25) is 4.79 Å². The van der Waals surface area contributed by atoms with E-state index in [1.54, 1.807) is 27.7 Å². The van der Waals surface area contributed by atoms with Gasteiger partial charge in [-0.1, -0.05) is 6.92 Å². The summed E-state index contributed by atoms with van der Waals surface area (Å²) < 4.78 is 18.2. The second-order valence-corrected chi connectivity index (χ2v) is 6.09. The summed E-state index contributed by atoms with van der Waals surface area (Å²) in [6.07, 6.45) is -0.503. The van der Waals surface area contributed by atoms with Crippen LogP contribution in [0.15, 0.2) is 18.2 Å². The van der Waals surface area contributed by atoms with Gasteiger partial charge in [-0.2, -0.15) is 0 Å². The maximum absolute atomic E-state index is 13.1. The quantitative estimate of drug-likeness (QED) is 0.764. The molecule has 0 aromatic heterocycles. The van der Waals surface area contributed by atoms with E-state index in [1.165, 1.54) is 0 Å². The maximum Gasteiger partial charge on any atom is 0.408 e. The molecule has 8 heteroatoms. The van der Waals surface area contributed by atoms with Gasteiger partial charge in [-0.05, 0) is 45.4 Å². The standard InChI is InChI=1S/C16H21FN2O5/c1-5-11(19-15(23)24-16(2,3)4)13(20)18-12-7-6-9(17)8-10(12)14(21)22/h6-8,11H,5H2,1-4H3,(H,18,20)(H,19,23)(H,21,22)/t11-/m0/s1. The van der Waals surface area contributed by atoms with Crippen LogP contribution in [0.5, 0.6) is 0 Å². The van der Waals surface area contributed by atoms with Gasteiger partial charge in [0.15, 0.2) is 0 Å². The minimum atomic E-state index is -1.38. The molecule has 1 aromatic carbocycles. The van der Waals surface area contributed by atoms with E-state index in [0.29, 0.717) is 0 Å². The number of aromatic carboxylic acids is 1. The Balaban J connectivity index is 2.85. The van der Waals surface area contributed by atoms with E-state index in [1.807, 2.05) is 0 Å². The lowest BCUT2D eigenvalue weighted by molar-refractivity contribution is -0.118. The van der Waals surface area contributed by atoms with Gasteiger partial charge in [0.05, 0.1) is 11.3 Å². The number of carboxylic acids is 1. The number of carbonyl (C=O) groups is 3. The number of alkyl carbamates (subject to hydrolysis) is 1. The van der Waals surface area contributed by atoms with E-state index in [0.717, 1.165) is 18.2 Å². The lowest BCUT2D eigenvalue weighted by atomic mass is 10.1. The fraction of sp³-hybridized carbons (Fsp3) is 0.438. The third-order valence-electron chi connectivity index (χ3n) is 2.89. The van der Waals surface area contributed by atoms with Crippen LogP contribution >= 0.6 is 0 Å². The van der Waals surface area contributed by atoms with Crippen LogP contribution in [0.1, 0.15) is 44.5 Å². The van der Waals surface area contributed by atoms with Crippen molar-refractivity contribution in [2.24, 2.45) is 0 Å². The van der Waals surface area contributed by atoms with Gasteiger partial charge in [0.2, 0.25) is 5.91 Å². The van der Waals surface area contributed by atoms with E-state index in [9.17, 15) is 18.8 Å². The summed E-state index contributed by atoms with van der Waals surface area (Å²) in [5.41, 5.74) is -1.15. The lowest BCUT2D eigenvalue weighted by Gasteiger charge is -2.23. The van der Waals surface area contributed by atoms with Crippen molar-refractivity contribution < 1.29 is 28.6 Å². The summed E-state index contributed by atoms with van der Waals surface area (Å²) in [7, 11) is 0. The Labute approximate surface area is 139 Å². The summed E-state index contributed by atoms with van der Waals surface area (Å²) in [4.78, 5) is 35.1. The number of hydrogen-bond donors (Lipinski definition) is 3. The second kappa shape index (κ2) is 7.76. The van der Waals surface area contributed by atoms with Crippen LogP contribution in [0.3, 0.4) is 0 Å². The summed E-state index contributed by atoms with van der Waals surface area (Å²) in [6, 6.07) is 2.06. The fourth-order valence-corrected chi connectivity index (χ4v) is 1.83. The minimum absolute atomic E-state index is 0.0571. The SMILES string of the molecule is CC[C@H](NC(=O)OC(C)(C)C)C(=O)Nc1ccc(F)cc1C(=O)O. The zero-order chi connectivity index (χ0) is 18.5. The van der Waals surface area contributed by atoms with E-state index in [-0.39, 0.29) is 17.7 Å². The molecule has 7 nitrogen and oxygen atoms in total. The molecule has 3 N–H and O–H groups in total. The first-order chi connectivity index (χ1) is 11.0. The van der Waals surface area contributed by atoms with Gasteiger partial charge in [-0.25, -0.2) is 14.0 Å². The number of rotatable bonds is 5. The van der Waals surface area contributed by atoms with Crippen LogP contribution in [-0.4, -0.2) is 34.7 Å². The Morgan fingerprint density at radius 3 is 2.42 bits per heavy atom. The Morgan fingerprint density at radius 1 is 1.29 bits per heavy atom. The van der Waals surface area contributed by atoms with Crippen molar-refractivity contribution in [2.45, 2.75) is 45.8 Å². The molecule has 1 atom stereocenters. The Bertz CT molecular complexity index is 640. The molecule has 1 rings (SSSR count). The average Bonchev–Trinajstić information content (AvgIpc) is 2.44. The van der Waals surface area contributed by atoms with Crippen molar-refractivity contribution >= 4 is 23.7 Å². The Hall–Kier alpha value is -2.64. The molecule has 0 saturated heterocycles. The van der Waals surface area contributed by atoms with Crippen molar-refractivity contribution in [1.82, 2.24) is 5.32 Å². The Kier molecular flexibility index (Phi) is 6.27. The van der Waals surface area contributed by atoms with E-state index < -0.39 is 35.4 Å². The highest BCUT2D eigenvalue weighted by molar-refractivity contribution is 6.02. The summed E-state index contributed by atoms with van der Waals surface area (Å²) in [5.74, 6) is -2.74. The summed E-state index contributed by atoms with van der Waals surface area (Å²) >= 11 is 0. The third kappa shape index (κ3) is 5.86. The predicted octanol–water partition coefficient (Wildman–Crippen LogP) is 2.77. The topological polar surface area (TPSA) is 105 Å². The largest absolute Gasteiger partial charge is 0.478 e. The zero-order valence-electron chi connectivity index (χ0n) is 14.0. The molecule has 0 radical (unpaired) electrons. The number of nitrogens with one attached hydrogen (secondary N) is 2. The molecule has 0 fully saturated rings. The smallest absolute Gasteiger partial charge is 0.408 e. The molecule has 0 saturated carbocycles. The van der Waals surface area contributed by atoms with Crippen LogP contribution in [0, 0.1) is 5.82 Å². The summed E-state index contributed by atoms with van der Waals surface area (Å²) in [5, 5.41) is 13.9. The third-order valence-corrected chi connectivity index (χ3v) is 2.89. The van der Waals surface area contributed by atoms with Crippen molar-refractivity contribution in [1.29, 1.82) is 0 Å². The number of hydrogen-bond acceptors (Lipinski definition) is 4. The second-order valence-electron chi connectivity index (χ2n) is 6.09. The van der Waals surface area contributed by atoms with Crippen molar-refractivity contribution in [2.75, 3.05) is 5.32 Å². The van der Waals surface area contributed by atoms with Crippen molar-refractivity contribution in [3.05, 3.63) is 29.6 Å². The van der Waals surface area contributed by atoms with Crippen LogP contribution < -0.4 is 10.6 Å². The molecule has 2 amide bonds. The van der Waals surface area contributed by atoms with Crippen LogP contribution in [0.25, 0.3) is 0 Å². The first-order valence-electron chi connectivity index (χ1n) is 7.36. The van der Waals surface area contributed by atoms with Crippen LogP contribution in [0.4, 0.5) is 14.9 Å². The molecule has 0 aliphatic rings. The number of benzene rings is 1. The molecule has 132 valence electrons. The number of carbonyl (C=O) groups excluding carboxylic acids is 2. The van der Waals surface area contributed by atoms with Gasteiger partial charge >= 0.3 is 12.1 Å². The van der Waals surface area contributed by atoms with E-state index in [2.05, 4.69) is 10.6 Å². The molecule has 0 aliphatic heterocycles. The van der Waals surface area contributed by atoms with Crippen LogP contribution in [0.2, 0.25) is 0 Å². The molecule has 1 aromatic rings. The van der Waals surface area contributed by atoms with Gasteiger partial charge < -0.3 is 20.5 Å². The van der Waals surface area contributed by atoms with E-state index in [4.69, 9.17) is 9.84 Å². The number of anilines is 1. The molecular weight excluding hydrogens is 319 g/mol. The van der Waals surface area contributed by atoms with Crippen LogP contribution in [-0.2, 0) is 9.53 Å². The van der Waals surface area contributed by atoms with Gasteiger partial charge in [-0.15, -0.1) is 0 Å². The van der Waals surface area contributed by atoms with E-state index >= 15 is 0 Å². The number of amides is 2. The summed E-state index contributed by atoms with van der Waals surface area (Å²) in [6.45, 7) is 6.73. The van der Waals surface area contributed by atoms with Gasteiger partial charge in [0, 0.05) is 0 Å². The molecule has 0 heterocycles. The van der Waals surface area contributed by atoms with Crippen molar-refractivity contribution in [3.63, 3.8) is 0 Å². The molecule has 24 heavy (non-hydrogen) atoms. The highest BCUT2D eigenvalue weighted by Gasteiger charge is 2.24. The first-order valence-corrected chi connectivity index (χ1v) is 7.36. The van der Waals surface area contributed by atoms with Crippen molar-refractivity contribution in [3.8, 4) is 0 Å². The fourth-order valence-electron chi connectivity index (χ4n) is 1.83. The highest BCUT2D eigenvalue weighted by atomic mass is 19.1. The molecule has 0 unspecified atom stereocenters. The van der Waals surface area contributed by atoms with Gasteiger partial charge in [0.1, 0.15) is 17.5 Å². The number of carboxylic acid groups (broad SMARTS) is 1. The van der Waals surface area contributed by atoms with Gasteiger partial charge in [0.25, 0.3) is 0 Å². The number of halogens is 1. The maximum atomic E-state index is 13.1. The average molecular weight is 340 g/mol. The highest BCUT2D eigenvalue weighted by Crippen LogP contribution is 2.18. The predicted molar refractivity (Wildman–Crippen MR) is 85.4 cm³/mol.